The highest BCUT2D eigenvalue weighted by molar-refractivity contribution is 5.85. The summed E-state index contributed by atoms with van der Waals surface area (Å²) in [6, 6.07) is 15.9. The lowest BCUT2D eigenvalue weighted by molar-refractivity contribution is 0.463. The monoisotopic (exact) mass is 262 g/mol. The zero-order valence-corrected chi connectivity index (χ0v) is 10.4. The van der Waals surface area contributed by atoms with Crippen molar-refractivity contribution in [3.8, 4) is 23.4 Å². The molecule has 96 valence electrons. The molecule has 0 bridgehead atoms. The van der Waals surface area contributed by atoms with Crippen molar-refractivity contribution in [2.24, 2.45) is 0 Å². The molecule has 1 N–H and O–H groups in total. The van der Waals surface area contributed by atoms with E-state index in [0.717, 1.165) is 10.8 Å². The van der Waals surface area contributed by atoms with Gasteiger partial charge in [-0.3, -0.25) is 0 Å². The van der Waals surface area contributed by atoms with Gasteiger partial charge in [0.2, 0.25) is 5.88 Å². The molecule has 20 heavy (non-hydrogen) atoms. The highest BCUT2D eigenvalue weighted by Crippen LogP contribution is 2.27. The van der Waals surface area contributed by atoms with Gasteiger partial charge in [0.1, 0.15) is 11.5 Å². The zero-order chi connectivity index (χ0) is 13.9. The Labute approximate surface area is 115 Å². The number of benzene rings is 2. The Bertz CT molecular complexity index is 822. The van der Waals surface area contributed by atoms with Crippen LogP contribution in [-0.2, 0) is 0 Å². The van der Waals surface area contributed by atoms with Gasteiger partial charge >= 0.3 is 0 Å². The first-order valence-corrected chi connectivity index (χ1v) is 6.01. The van der Waals surface area contributed by atoms with Gasteiger partial charge in [0, 0.05) is 12.3 Å². The third-order valence-electron chi connectivity index (χ3n) is 2.88. The molecule has 0 amide bonds. The van der Waals surface area contributed by atoms with Crippen molar-refractivity contribution in [3.05, 3.63) is 60.3 Å². The van der Waals surface area contributed by atoms with E-state index in [9.17, 15) is 5.11 Å². The van der Waals surface area contributed by atoms with Crippen molar-refractivity contribution in [1.29, 1.82) is 5.26 Å². The third kappa shape index (κ3) is 2.38. The van der Waals surface area contributed by atoms with Crippen molar-refractivity contribution in [2.75, 3.05) is 0 Å². The van der Waals surface area contributed by atoms with Gasteiger partial charge < -0.3 is 9.84 Å². The number of phenols is 1. The second-order valence-corrected chi connectivity index (χ2v) is 4.29. The lowest BCUT2D eigenvalue weighted by Crippen LogP contribution is -1.88. The molecule has 0 aliphatic rings. The highest BCUT2D eigenvalue weighted by Gasteiger charge is 2.02. The molecule has 3 aromatic rings. The molecule has 0 fully saturated rings. The molecule has 4 heteroatoms. The number of aromatic nitrogens is 1. The number of phenolic OH excluding ortho intramolecular Hbond substituents is 1. The Hall–Kier alpha value is -3.06. The number of nitrogens with zero attached hydrogens (tertiary/aromatic N) is 2. The van der Waals surface area contributed by atoms with E-state index in [1.807, 2.05) is 30.3 Å². The van der Waals surface area contributed by atoms with Crippen LogP contribution >= 0.6 is 0 Å². The van der Waals surface area contributed by atoms with E-state index in [0.29, 0.717) is 17.2 Å². The first-order chi connectivity index (χ1) is 9.74. The SMILES string of the molecule is N#Cc1ccnc(Oc2ccc3ccc(O)cc3c2)c1. The number of rotatable bonds is 2. The summed E-state index contributed by atoms with van der Waals surface area (Å²) < 4.78 is 5.62. The van der Waals surface area contributed by atoms with Gasteiger partial charge in [-0.05, 0) is 41.1 Å². The van der Waals surface area contributed by atoms with E-state index in [1.54, 1.807) is 24.3 Å². The van der Waals surface area contributed by atoms with E-state index >= 15 is 0 Å². The van der Waals surface area contributed by atoms with Crippen molar-refractivity contribution < 1.29 is 9.84 Å². The number of nitriles is 1. The van der Waals surface area contributed by atoms with Crippen molar-refractivity contribution >= 4 is 10.8 Å². The first-order valence-electron chi connectivity index (χ1n) is 6.01. The predicted molar refractivity (Wildman–Crippen MR) is 74.6 cm³/mol. The normalized spacial score (nSPS) is 10.2. The smallest absolute Gasteiger partial charge is 0.220 e. The Morgan fingerprint density at radius 1 is 1.00 bits per heavy atom. The Balaban J connectivity index is 1.96. The lowest BCUT2D eigenvalue weighted by Gasteiger charge is -2.06. The summed E-state index contributed by atoms with van der Waals surface area (Å²) in [5.41, 5.74) is 0.494. The van der Waals surface area contributed by atoms with Crippen LogP contribution in [0, 0.1) is 11.3 Å². The minimum absolute atomic E-state index is 0.208. The molecular formula is C16H10N2O2. The fourth-order valence-corrected chi connectivity index (χ4v) is 1.93. The van der Waals surface area contributed by atoms with Crippen LogP contribution in [0.1, 0.15) is 5.56 Å². The molecule has 0 unspecified atom stereocenters. The van der Waals surface area contributed by atoms with E-state index < -0.39 is 0 Å². The molecule has 0 saturated heterocycles. The molecule has 0 saturated carbocycles. The van der Waals surface area contributed by atoms with E-state index in [-0.39, 0.29) is 5.75 Å². The quantitative estimate of drug-likeness (QED) is 0.766. The Morgan fingerprint density at radius 3 is 2.70 bits per heavy atom. The van der Waals surface area contributed by atoms with Crippen LogP contribution in [0.4, 0.5) is 0 Å². The first kappa shape index (κ1) is 12.0. The largest absolute Gasteiger partial charge is 0.508 e. The number of fused-ring (bicyclic) bond motifs is 1. The molecule has 0 spiro atoms. The second kappa shape index (κ2) is 4.90. The van der Waals surface area contributed by atoms with Gasteiger partial charge in [0.15, 0.2) is 0 Å². The standard InChI is InChI=1S/C16H10N2O2/c17-10-11-5-6-18-16(7-11)20-15-4-2-12-1-3-14(19)8-13(12)9-15/h1-9,19H. The van der Waals surface area contributed by atoms with E-state index in [2.05, 4.69) is 4.98 Å². The van der Waals surface area contributed by atoms with Gasteiger partial charge in [0.25, 0.3) is 0 Å². The molecule has 0 aliphatic carbocycles. The van der Waals surface area contributed by atoms with Crippen LogP contribution in [0.3, 0.4) is 0 Å². The summed E-state index contributed by atoms with van der Waals surface area (Å²) in [4.78, 5) is 4.06. The summed E-state index contributed by atoms with van der Waals surface area (Å²) in [6.45, 7) is 0. The van der Waals surface area contributed by atoms with E-state index in [1.165, 1.54) is 6.20 Å². The fourth-order valence-electron chi connectivity index (χ4n) is 1.93. The highest BCUT2D eigenvalue weighted by atomic mass is 16.5. The maximum Gasteiger partial charge on any atom is 0.220 e. The third-order valence-corrected chi connectivity index (χ3v) is 2.88. The lowest BCUT2D eigenvalue weighted by atomic mass is 10.1. The van der Waals surface area contributed by atoms with Crippen LogP contribution in [0.15, 0.2) is 54.7 Å². The van der Waals surface area contributed by atoms with Crippen LogP contribution < -0.4 is 4.74 Å². The summed E-state index contributed by atoms with van der Waals surface area (Å²) in [6.07, 6.45) is 1.53. The average Bonchev–Trinajstić information content (AvgIpc) is 2.47. The van der Waals surface area contributed by atoms with Crippen LogP contribution in [0.5, 0.6) is 17.4 Å². The summed E-state index contributed by atoms with van der Waals surface area (Å²) >= 11 is 0. The summed E-state index contributed by atoms with van der Waals surface area (Å²) in [5, 5.41) is 20.2. The molecule has 0 atom stereocenters. The van der Waals surface area contributed by atoms with Gasteiger partial charge in [-0.2, -0.15) is 5.26 Å². The molecule has 1 aromatic heterocycles. The number of hydrogen-bond donors (Lipinski definition) is 1. The number of aromatic hydroxyl groups is 1. The van der Waals surface area contributed by atoms with Crippen LogP contribution in [0.2, 0.25) is 0 Å². The van der Waals surface area contributed by atoms with Crippen molar-refractivity contribution in [1.82, 2.24) is 4.98 Å². The fraction of sp³-hybridized carbons (Fsp3) is 0. The maximum absolute atomic E-state index is 9.49. The zero-order valence-electron chi connectivity index (χ0n) is 10.4. The van der Waals surface area contributed by atoms with E-state index in [4.69, 9.17) is 10.00 Å². The minimum atomic E-state index is 0.208. The van der Waals surface area contributed by atoms with Gasteiger partial charge in [0.05, 0.1) is 11.6 Å². The molecule has 3 rings (SSSR count). The Kier molecular flexibility index (Phi) is 2.94. The van der Waals surface area contributed by atoms with Crippen molar-refractivity contribution in [2.45, 2.75) is 0 Å². The number of ether oxygens (including phenoxy) is 1. The van der Waals surface area contributed by atoms with Gasteiger partial charge in [-0.1, -0.05) is 12.1 Å². The number of hydrogen-bond acceptors (Lipinski definition) is 4. The summed E-state index contributed by atoms with van der Waals surface area (Å²) in [7, 11) is 0. The topological polar surface area (TPSA) is 66.1 Å². The van der Waals surface area contributed by atoms with Crippen LogP contribution in [-0.4, -0.2) is 10.1 Å². The second-order valence-electron chi connectivity index (χ2n) is 4.29. The molecule has 2 aromatic carbocycles. The van der Waals surface area contributed by atoms with Gasteiger partial charge in [-0.25, -0.2) is 4.98 Å². The average molecular weight is 262 g/mol. The predicted octanol–water partition coefficient (Wildman–Crippen LogP) is 3.60. The Morgan fingerprint density at radius 2 is 1.85 bits per heavy atom. The maximum atomic E-state index is 9.49. The van der Waals surface area contributed by atoms with Crippen LogP contribution in [0.25, 0.3) is 10.8 Å². The summed E-state index contributed by atoms with van der Waals surface area (Å²) in [5.74, 6) is 1.17. The number of pyridine rings is 1. The van der Waals surface area contributed by atoms with Crippen molar-refractivity contribution in [3.63, 3.8) is 0 Å². The molecule has 0 aliphatic heterocycles. The molecule has 1 heterocycles. The molecule has 4 nitrogen and oxygen atoms in total. The molecular weight excluding hydrogens is 252 g/mol. The van der Waals surface area contributed by atoms with Gasteiger partial charge in [-0.15, -0.1) is 0 Å². The molecule has 0 radical (unpaired) electrons. The minimum Gasteiger partial charge on any atom is -0.508 e.